The van der Waals surface area contributed by atoms with Gasteiger partial charge in [-0.15, -0.1) is 0 Å². The summed E-state index contributed by atoms with van der Waals surface area (Å²) in [6.07, 6.45) is -1.45. The third-order valence-electron chi connectivity index (χ3n) is 4.18. The molecule has 0 aliphatic carbocycles. The highest BCUT2D eigenvalue weighted by atomic mass is 16.8. The van der Waals surface area contributed by atoms with Gasteiger partial charge in [0.2, 0.25) is 0 Å². The molecule has 126 valence electrons. The molecule has 3 fully saturated rings. The first-order valence-electron chi connectivity index (χ1n) is 7.60. The summed E-state index contributed by atoms with van der Waals surface area (Å²) in [5.41, 5.74) is 0. The molecule has 0 aromatic heterocycles. The summed E-state index contributed by atoms with van der Waals surface area (Å²) in [6.45, 7) is 7.86. The molecule has 0 amide bonds. The van der Waals surface area contributed by atoms with Crippen molar-refractivity contribution in [3.05, 3.63) is 0 Å². The van der Waals surface area contributed by atoms with E-state index in [-0.39, 0.29) is 36.8 Å². The maximum atomic E-state index is 11.6. The van der Waals surface area contributed by atoms with Crippen LogP contribution in [0, 0.1) is 0 Å². The van der Waals surface area contributed by atoms with Crippen LogP contribution in [0.3, 0.4) is 0 Å². The van der Waals surface area contributed by atoms with Crippen molar-refractivity contribution >= 4 is 5.97 Å². The van der Waals surface area contributed by atoms with Crippen molar-refractivity contribution in [3.63, 3.8) is 0 Å². The van der Waals surface area contributed by atoms with Crippen LogP contribution in [0.15, 0.2) is 0 Å². The lowest BCUT2D eigenvalue weighted by Gasteiger charge is -2.26. The minimum atomic E-state index is -0.708. The Hall–Kier alpha value is -0.730. The van der Waals surface area contributed by atoms with Gasteiger partial charge in [-0.25, -0.2) is 0 Å². The van der Waals surface area contributed by atoms with Crippen molar-refractivity contribution in [1.29, 1.82) is 0 Å². The Kier molecular flexibility index (Phi) is 3.98. The Labute approximate surface area is 130 Å². The highest BCUT2D eigenvalue weighted by molar-refractivity contribution is 5.70. The van der Waals surface area contributed by atoms with Crippen molar-refractivity contribution < 1.29 is 33.2 Å². The predicted octanol–water partition coefficient (Wildman–Crippen LogP) is 0.988. The molecule has 3 aliphatic rings. The molecule has 0 N–H and O–H groups in total. The molecule has 0 aromatic carbocycles. The highest BCUT2D eigenvalue weighted by Crippen LogP contribution is 2.42. The number of carbonyl (C=O) groups excluding carboxylic acids is 1. The monoisotopic (exact) mass is 316 g/mol. The molecular weight excluding hydrogens is 292 g/mol. The van der Waals surface area contributed by atoms with Crippen molar-refractivity contribution in [2.75, 3.05) is 13.7 Å². The van der Waals surface area contributed by atoms with E-state index in [1.54, 1.807) is 0 Å². The fraction of sp³-hybridized carbons (Fsp3) is 0.933. The van der Waals surface area contributed by atoms with Crippen LogP contribution < -0.4 is 0 Å². The second-order valence-electron chi connectivity index (χ2n) is 6.85. The van der Waals surface area contributed by atoms with E-state index < -0.39 is 17.7 Å². The van der Waals surface area contributed by atoms with Crippen LogP contribution in [0.25, 0.3) is 0 Å². The number of hydrogen-bond donors (Lipinski definition) is 0. The molecule has 3 heterocycles. The summed E-state index contributed by atoms with van der Waals surface area (Å²) in [5, 5.41) is 0. The smallest absolute Gasteiger partial charge is 0.308 e. The zero-order chi connectivity index (χ0) is 16.1. The van der Waals surface area contributed by atoms with E-state index in [0.29, 0.717) is 6.61 Å². The summed E-state index contributed by atoms with van der Waals surface area (Å²) < 4.78 is 34.2. The van der Waals surface area contributed by atoms with Crippen molar-refractivity contribution in [3.8, 4) is 0 Å². The molecule has 22 heavy (non-hydrogen) atoms. The van der Waals surface area contributed by atoms with Gasteiger partial charge in [-0.1, -0.05) is 0 Å². The van der Waals surface area contributed by atoms with Gasteiger partial charge in [-0.05, 0) is 27.7 Å². The van der Waals surface area contributed by atoms with Crippen LogP contribution in [0.4, 0.5) is 0 Å². The quantitative estimate of drug-likeness (QED) is 0.719. The maximum absolute atomic E-state index is 11.6. The molecule has 7 nitrogen and oxygen atoms in total. The molecule has 0 unspecified atom stereocenters. The normalized spacial score (nSPS) is 42.3. The van der Waals surface area contributed by atoms with Gasteiger partial charge in [0.25, 0.3) is 0 Å². The lowest BCUT2D eigenvalue weighted by Crippen LogP contribution is -2.40. The van der Waals surface area contributed by atoms with Gasteiger partial charge in [0, 0.05) is 0 Å². The van der Waals surface area contributed by atoms with Crippen LogP contribution >= 0.6 is 0 Å². The van der Waals surface area contributed by atoms with E-state index in [2.05, 4.69) is 0 Å². The van der Waals surface area contributed by atoms with Crippen molar-refractivity contribution in [2.24, 2.45) is 0 Å². The second kappa shape index (κ2) is 5.42. The van der Waals surface area contributed by atoms with Crippen LogP contribution in [0.5, 0.6) is 0 Å². The van der Waals surface area contributed by atoms with Crippen molar-refractivity contribution in [2.45, 2.75) is 76.2 Å². The van der Waals surface area contributed by atoms with Crippen LogP contribution in [-0.4, -0.2) is 61.8 Å². The average Bonchev–Trinajstić information content (AvgIpc) is 3.01. The molecule has 0 radical (unpaired) electrons. The molecule has 0 bridgehead atoms. The van der Waals surface area contributed by atoms with Gasteiger partial charge in [0.1, 0.15) is 24.4 Å². The number of fused-ring (bicyclic) bond motifs is 1. The standard InChI is InChI=1S/C15H24O7/c1-14(2)18-7-9(20-14)11-13-12(21-15(3,4)22-13)8(19-11)6-10(16)17-5/h8-9,11-13H,6-7H2,1-5H3/t8-,9-,11-,12-,13+/m1/s1. The van der Waals surface area contributed by atoms with E-state index in [1.165, 1.54) is 7.11 Å². The third-order valence-corrected chi connectivity index (χ3v) is 4.18. The molecule has 0 spiro atoms. The Morgan fingerprint density at radius 1 is 1.05 bits per heavy atom. The zero-order valence-corrected chi connectivity index (χ0v) is 13.7. The SMILES string of the molecule is COC(=O)C[C@H]1O[C@H]([C@H]2COC(C)(C)O2)[C@@H]2OC(C)(C)O[C@@H]21. The van der Waals surface area contributed by atoms with E-state index in [4.69, 9.17) is 28.4 Å². The molecule has 5 atom stereocenters. The molecule has 0 saturated carbocycles. The minimum absolute atomic E-state index is 0.130. The number of hydrogen-bond acceptors (Lipinski definition) is 7. The van der Waals surface area contributed by atoms with Crippen molar-refractivity contribution in [1.82, 2.24) is 0 Å². The summed E-state index contributed by atoms with van der Waals surface area (Å²) >= 11 is 0. The van der Waals surface area contributed by atoms with Gasteiger partial charge in [-0.2, -0.15) is 0 Å². The summed E-state index contributed by atoms with van der Waals surface area (Å²) in [4.78, 5) is 11.6. The lowest BCUT2D eigenvalue weighted by molar-refractivity contribution is -0.208. The first-order chi connectivity index (χ1) is 10.2. The first kappa shape index (κ1) is 16.1. The van der Waals surface area contributed by atoms with Crippen LogP contribution in [0.2, 0.25) is 0 Å². The minimum Gasteiger partial charge on any atom is -0.469 e. The Bertz CT molecular complexity index is 447. The Morgan fingerprint density at radius 3 is 2.32 bits per heavy atom. The number of methoxy groups -OCH3 is 1. The van der Waals surface area contributed by atoms with Crippen LogP contribution in [-0.2, 0) is 33.2 Å². The third kappa shape index (κ3) is 3.00. The topological polar surface area (TPSA) is 72.5 Å². The molecule has 3 saturated heterocycles. The summed E-state index contributed by atoms with van der Waals surface area (Å²) in [7, 11) is 1.36. The number of rotatable bonds is 3. The van der Waals surface area contributed by atoms with E-state index in [0.717, 1.165) is 0 Å². The van der Waals surface area contributed by atoms with E-state index in [9.17, 15) is 4.79 Å². The summed E-state index contributed by atoms with van der Waals surface area (Å²) in [5.74, 6) is -1.68. The molecule has 0 aromatic rings. The summed E-state index contributed by atoms with van der Waals surface area (Å²) in [6, 6.07) is 0. The molecule has 7 heteroatoms. The fourth-order valence-corrected chi connectivity index (χ4v) is 3.30. The molecule has 3 aliphatic heterocycles. The predicted molar refractivity (Wildman–Crippen MR) is 74.0 cm³/mol. The van der Waals surface area contributed by atoms with Gasteiger partial charge in [0.05, 0.1) is 26.2 Å². The van der Waals surface area contributed by atoms with Crippen LogP contribution in [0.1, 0.15) is 34.1 Å². The van der Waals surface area contributed by atoms with Gasteiger partial charge < -0.3 is 28.4 Å². The molecule has 3 rings (SSSR count). The van der Waals surface area contributed by atoms with E-state index in [1.807, 2.05) is 27.7 Å². The lowest BCUT2D eigenvalue weighted by atomic mass is 10.0. The second-order valence-corrected chi connectivity index (χ2v) is 6.85. The van der Waals surface area contributed by atoms with Gasteiger partial charge >= 0.3 is 5.97 Å². The largest absolute Gasteiger partial charge is 0.469 e. The Morgan fingerprint density at radius 2 is 1.73 bits per heavy atom. The number of ether oxygens (including phenoxy) is 6. The van der Waals surface area contributed by atoms with Gasteiger partial charge in [0.15, 0.2) is 11.6 Å². The fourth-order valence-electron chi connectivity index (χ4n) is 3.30. The van der Waals surface area contributed by atoms with Gasteiger partial charge in [-0.3, -0.25) is 4.79 Å². The molecular formula is C15H24O7. The number of carbonyl (C=O) groups is 1. The highest BCUT2D eigenvalue weighted by Gasteiger charge is 2.59. The average molecular weight is 316 g/mol. The van der Waals surface area contributed by atoms with E-state index >= 15 is 0 Å². The maximum Gasteiger partial charge on any atom is 0.308 e. The number of esters is 1. The first-order valence-corrected chi connectivity index (χ1v) is 7.60. The zero-order valence-electron chi connectivity index (χ0n) is 13.7. The Balaban J connectivity index is 1.75.